The molecule has 0 heterocycles. The molecule has 2 N–H and O–H groups in total. The van der Waals surface area contributed by atoms with Crippen LogP contribution in [-0.2, 0) is 28.2 Å². The second-order valence-corrected chi connectivity index (χ2v) is 13.8. The van der Waals surface area contributed by atoms with Gasteiger partial charge in [-0.25, -0.2) is 9.36 Å². The molecule has 294 valence electrons. The molecule has 0 saturated carbocycles. The number of phosphoric ester groups is 1. The summed E-state index contributed by atoms with van der Waals surface area (Å²) in [5, 5.41) is 0. The van der Waals surface area contributed by atoms with Gasteiger partial charge in [0.15, 0.2) is 6.10 Å². The summed E-state index contributed by atoms with van der Waals surface area (Å²) in [6, 6.07) is 0. The van der Waals surface area contributed by atoms with Gasteiger partial charge in [-0.15, -0.1) is 0 Å². The molecule has 9 heteroatoms. The van der Waals surface area contributed by atoms with Crippen molar-refractivity contribution in [2.75, 3.05) is 13.2 Å². The molecule has 0 aliphatic heterocycles. The molecule has 0 amide bonds. The Morgan fingerprint density at radius 2 is 1.06 bits per heavy atom. The highest BCUT2D eigenvalue weighted by Gasteiger charge is 2.22. The number of ether oxygens (including phenoxy) is 2. The number of carbonyl (C=O) groups is 2. The molecule has 0 aliphatic carbocycles. The van der Waals surface area contributed by atoms with E-state index in [1.807, 2.05) is 18.2 Å². The molecule has 0 radical (unpaired) electrons. The molecule has 0 rings (SSSR count). The van der Waals surface area contributed by atoms with Crippen LogP contribution in [0.4, 0.5) is 0 Å². The maximum atomic E-state index is 12.3. The zero-order chi connectivity index (χ0) is 38.2. The van der Waals surface area contributed by atoms with Crippen molar-refractivity contribution in [2.24, 2.45) is 0 Å². The Hall–Kier alpha value is -3.03. The van der Waals surface area contributed by atoms with Crippen LogP contribution in [0.1, 0.15) is 142 Å². The third-order valence-corrected chi connectivity index (χ3v) is 8.19. The second kappa shape index (κ2) is 37.7. The Kier molecular flexibility index (Phi) is 35.5. The van der Waals surface area contributed by atoms with Crippen molar-refractivity contribution in [1.82, 2.24) is 0 Å². The highest BCUT2D eigenvalue weighted by atomic mass is 31.2. The van der Waals surface area contributed by atoms with Gasteiger partial charge in [0.05, 0.1) is 6.61 Å². The Balaban J connectivity index is 4.20. The summed E-state index contributed by atoms with van der Waals surface area (Å²) in [4.78, 5) is 42.6. The molecule has 8 nitrogen and oxygen atoms in total. The third kappa shape index (κ3) is 39.8. The van der Waals surface area contributed by atoms with Gasteiger partial charge in [0.1, 0.15) is 6.61 Å². The SMILES string of the molecule is CC/C=C/C/C=C/C/C=C/C/C=C/C/C=C/C/C=C/CCC(=O)OC[C@H](COP(=O)(O)O)OC(=O)/C=C/C=C/CCCCCCCCCCCCC. The largest absolute Gasteiger partial charge is 0.469 e. The third-order valence-electron chi connectivity index (χ3n) is 7.71. The van der Waals surface area contributed by atoms with Gasteiger partial charge in [-0.05, 0) is 57.8 Å². The first-order chi connectivity index (χ1) is 25.3. The number of hydrogen-bond donors (Lipinski definition) is 2. The monoisotopic (exact) mass is 744 g/mol. The van der Waals surface area contributed by atoms with Crippen LogP contribution in [0.15, 0.2) is 97.2 Å². The summed E-state index contributed by atoms with van der Waals surface area (Å²) in [7, 11) is -4.80. The smallest absolute Gasteiger partial charge is 0.462 e. The van der Waals surface area contributed by atoms with E-state index in [-0.39, 0.29) is 13.0 Å². The highest BCUT2D eigenvalue weighted by Crippen LogP contribution is 2.35. The van der Waals surface area contributed by atoms with Gasteiger partial charge < -0.3 is 19.3 Å². The number of carbonyl (C=O) groups excluding carboxylic acids is 2. The molecule has 0 aromatic carbocycles. The molecular formula is C43H69O8P. The first kappa shape index (κ1) is 49.0. The minimum Gasteiger partial charge on any atom is -0.462 e. The lowest BCUT2D eigenvalue weighted by Gasteiger charge is -2.17. The fourth-order valence-corrected chi connectivity index (χ4v) is 5.19. The minimum absolute atomic E-state index is 0.117. The Labute approximate surface area is 315 Å². The molecular weight excluding hydrogens is 675 g/mol. The number of phosphoric acid groups is 1. The topological polar surface area (TPSA) is 119 Å². The molecule has 0 aromatic rings. The quantitative estimate of drug-likeness (QED) is 0.0167. The van der Waals surface area contributed by atoms with E-state index in [4.69, 9.17) is 19.3 Å². The molecule has 52 heavy (non-hydrogen) atoms. The maximum absolute atomic E-state index is 12.3. The number of rotatable bonds is 34. The predicted octanol–water partition coefficient (Wildman–Crippen LogP) is 11.8. The van der Waals surface area contributed by atoms with Crippen molar-refractivity contribution in [3.05, 3.63) is 97.2 Å². The van der Waals surface area contributed by atoms with Gasteiger partial charge in [-0.3, -0.25) is 9.32 Å². The van der Waals surface area contributed by atoms with Crippen molar-refractivity contribution < 1.29 is 37.9 Å². The van der Waals surface area contributed by atoms with Gasteiger partial charge in [0.2, 0.25) is 0 Å². The van der Waals surface area contributed by atoms with Gasteiger partial charge in [0, 0.05) is 12.5 Å². The normalized spacial score (nSPS) is 13.5. The summed E-state index contributed by atoms with van der Waals surface area (Å²) >= 11 is 0. The van der Waals surface area contributed by atoms with Crippen molar-refractivity contribution in [3.8, 4) is 0 Å². The summed E-state index contributed by atoms with van der Waals surface area (Å²) in [6.07, 6.45) is 52.0. The van der Waals surface area contributed by atoms with E-state index in [1.54, 1.807) is 12.2 Å². The van der Waals surface area contributed by atoms with Crippen molar-refractivity contribution >= 4 is 19.8 Å². The van der Waals surface area contributed by atoms with Crippen LogP contribution in [0, 0.1) is 0 Å². The average molecular weight is 745 g/mol. The van der Waals surface area contributed by atoms with E-state index < -0.39 is 32.5 Å². The van der Waals surface area contributed by atoms with Crippen molar-refractivity contribution in [2.45, 2.75) is 148 Å². The molecule has 1 atom stereocenters. The van der Waals surface area contributed by atoms with E-state index >= 15 is 0 Å². The molecule has 0 bridgehead atoms. The van der Waals surface area contributed by atoms with Crippen LogP contribution in [-0.4, -0.2) is 41.0 Å². The van der Waals surface area contributed by atoms with E-state index in [0.29, 0.717) is 6.42 Å². The Bertz CT molecular complexity index is 1160. The van der Waals surface area contributed by atoms with Crippen LogP contribution in [0.5, 0.6) is 0 Å². The fraction of sp³-hybridized carbons (Fsp3) is 0.581. The lowest BCUT2D eigenvalue weighted by atomic mass is 10.1. The highest BCUT2D eigenvalue weighted by molar-refractivity contribution is 7.46. The van der Waals surface area contributed by atoms with E-state index in [0.717, 1.165) is 51.4 Å². The van der Waals surface area contributed by atoms with Crippen LogP contribution in [0.3, 0.4) is 0 Å². The molecule has 0 unspecified atom stereocenters. The summed E-state index contributed by atoms with van der Waals surface area (Å²) in [5.41, 5.74) is 0. The molecule has 0 aliphatic rings. The fourth-order valence-electron chi connectivity index (χ4n) is 4.83. The molecule has 0 spiro atoms. The minimum atomic E-state index is -4.80. The average Bonchev–Trinajstić information content (AvgIpc) is 3.11. The number of unbranched alkanes of at least 4 members (excludes halogenated alkanes) is 11. The van der Waals surface area contributed by atoms with Crippen LogP contribution < -0.4 is 0 Å². The Morgan fingerprint density at radius 3 is 1.56 bits per heavy atom. The van der Waals surface area contributed by atoms with Gasteiger partial charge >= 0.3 is 19.8 Å². The second-order valence-electron chi connectivity index (χ2n) is 12.6. The van der Waals surface area contributed by atoms with Crippen LogP contribution in [0.2, 0.25) is 0 Å². The predicted molar refractivity (Wildman–Crippen MR) is 216 cm³/mol. The number of hydrogen-bond acceptors (Lipinski definition) is 6. The first-order valence-corrected chi connectivity index (χ1v) is 21.1. The summed E-state index contributed by atoms with van der Waals surface area (Å²) in [5.74, 6) is -1.25. The lowest BCUT2D eigenvalue weighted by molar-refractivity contribution is -0.157. The summed E-state index contributed by atoms with van der Waals surface area (Å²) in [6.45, 7) is 3.39. The van der Waals surface area contributed by atoms with Crippen molar-refractivity contribution in [1.29, 1.82) is 0 Å². The Morgan fingerprint density at radius 1 is 0.577 bits per heavy atom. The number of allylic oxidation sites excluding steroid dienone is 15. The van der Waals surface area contributed by atoms with Gasteiger partial charge in [-0.2, -0.15) is 0 Å². The van der Waals surface area contributed by atoms with E-state index in [1.165, 1.54) is 70.3 Å². The van der Waals surface area contributed by atoms with Gasteiger partial charge in [0.25, 0.3) is 0 Å². The summed E-state index contributed by atoms with van der Waals surface area (Å²) < 4.78 is 26.1. The molecule has 0 fully saturated rings. The lowest BCUT2D eigenvalue weighted by Crippen LogP contribution is -2.28. The molecule has 0 saturated heterocycles. The van der Waals surface area contributed by atoms with Crippen molar-refractivity contribution in [3.63, 3.8) is 0 Å². The van der Waals surface area contributed by atoms with Gasteiger partial charge in [-0.1, -0.05) is 169 Å². The maximum Gasteiger partial charge on any atom is 0.469 e. The zero-order valence-corrected chi connectivity index (χ0v) is 33.1. The van der Waals surface area contributed by atoms with Crippen LogP contribution in [0.25, 0.3) is 0 Å². The number of esters is 2. The van der Waals surface area contributed by atoms with E-state index in [2.05, 4.69) is 79.1 Å². The first-order valence-electron chi connectivity index (χ1n) is 19.6. The van der Waals surface area contributed by atoms with Crippen LogP contribution >= 0.6 is 7.82 Å². The zero-order valence-electron chi connectivity index (χ0n) is 32.2. The molecule has 0 aromatic heterocycles. The standard InChI is InChI=1S/C43H69O8P/c1-3-5-7-9-11-13-15-17-19-20-21-22-24-25-27-29-31-33-35-37-42(44)49-39-41(40-50-52(46,47)48)51-43(45)38-36-34-32-30-28-26-23-18-16-14-12-10-8-6-4-2/h5,7,11,13,17,19,21-22,25,27,31-34,36,38,41H,3-4,6,8-10,12,14-16,18,20,23-24,26,28-30,35,37,39-40H2,1-2H3,(H2,46,47,48)/b7-5+,13-11+,19-17+,22-21+,27-25+,33-31+,34-32+,38-36+/t41-/m1/s1. The van der Waals surface area contributed by atoms with E-state index in [9.17, 15) is 14.2 Å².